The third-order valence-electron chi connectivity index (χ3n) is 8.32. The van der Waals surface area contributed by atoms with Crippen LogP contribution in [-0.4, -0.2) is 47.5 Å². The monoisotopic (exact) mass is 430 g/mol. The highest BCUT2D eigenvalue weighted by molar-refractivity contribution is 5.89. The van der Waals surface area contributed by atoms with Crippen molar-refractivity contribution in [2.24, 2.45) is 12.5 Å². The molecule has 6 rings (SSSR count). The van der Waals surface area contributed by atoms with Crippen molar-refractivity contribution < 1.29 is 0 Å². The second-order valence-corrected chi connectivity index (χ2v) is 10.2. The van der Waals surface area contributed by atoms with E-state index in [0.29, 0.717) is 11.3 Å². The van der Waals surface area contributed by atoms with Crippen LogP contribution in [0, 0.1) is 5.41 Å². The standard InChI is InChI=1S/C26H34N6/c1-19-17-32(24-5-10-28-25-23(24)16-29-30(25)2)18-20-3-4-21(15-22(19)20)31-13-8-26(9-14-31)6-11-27-12-7-26/h3-5,10,15-16,19,27H,6-9,11-14,17-18H2,1-2H3. The average Bonchev–Trinajstić information content (AvgIpc) is 3.21. The maximum atomic E-state index is 4.52. The summed E-state index contributed by atoms with van der Waals surface area (Å²) in [5.41, 5.74) is 7.20. The molecule has 2 saturated heterocycles. The van der Waals surface area contributed by atoms with Gasteiger partial charge in [0, 0.05) is 45.1 Å². The fourth-order valence-electron chi connectivity index (χ4n) is 6.27. The molecule has 1 unspecified atom stereocenters. The molecule has 0 saturated carbocycles. The smallest absolute Gasteiger partial charge is 0.159 e. The van der Waals surface area contributed by atoms with Crippen LogP contribution < -0.4 is 15.1 Å². The van der Waals surface area contributed by atoms with E-state index in [9.17, 15) is 0 Å². The van der Waals surface area contributed by atoms with Gasteiger partial charge in [0.05, 0.1) is 17.3 Å². The van der Waals surface area contributed by atoms with E-state index in [1.807, 2.05) is 24.1 Å². The Kier molecular flexibility index (Phi) is 4.86. The summed E-state index contributed by atoms with van der Waals surface area (Å²) in [5, 5.41) is 9.11. The largest absolute Gasteiger partial charge is 0.371 e. The number of nitrogens with zero attached hydrogens (tertiary/aromatic N) is 5. The first-order chi connectivity index (χ1) is 15.6. The van der Waals surface area contributed by atoms with E-state index < -0.39 is 0 Å². The van der Waals surface area contributed by atoms with Gasteiger partial charge in [-0.05, 0) is 79.4 Å². The highest BCUT2D eigenvalue weighted by Gasteiger charge is 2.36. The first-order valence-electron chi connectivity index (χ1n) is 12.2. The maximum Gasteiger partial charge on any atom is 0.159 e. The van der Waals surface area contributed by atoms with Crippen LogP contribution in [0.3, 0.4) is 0 Å². The van der Waals surface area contributed by atoms with E-state index in [1.165, 1.54) is 74.4 Å². The molecule has 1 aromatic carbocycles. The van der Waals surface area contributed by atoms with Crippen molar-refractivity contribution in [1.29, 1.82) is 0 Å². The summed E-state index contributed by atoms with van der Waals surface area (Å²) >= 11 is 0. The minimum Gasteiger partial charge on any atom is -0.371 e. The highest BCUT2D eigenvalue weighted by Crippen LogP contribution is 2.42. The maximum absolute atomic E-state index is 4.52. The minimum absolute atomic E-state index is 0.499. The van der Waals surface area contributed by atoms with Crippen molar-refractivity contribution in [3.63, 3.8) is 0 Å². The second-order valence-electron chi connectivity index (χ2n) is 10.2. The van der Waals surface area contributed by atoms with Crippen LogP contribution in [0.2, 0.25) is 0 Å². The molecular formula is C26H34N6. The molecule has 3 aliphatic heterocycles. The first-order valence-corrected chi connectivity index (χ1v) is 12.2. The molecule has 0 radical (unpaired) electrons. The molecule has 1 N–H and O–H groups in total. The van der Waals surface area contributed by atoms with Crippen molar-refractivity contribution in [3.8, 4) is 0 Å². The number of hydrogen-bond donors (Lipinski definition) is 1. The first kappa shape index (κ1) is 20.0. The lowest BCUT2D eigenvalue weighted by atomic mass is 9.71. The summed E-state index contributed by atoms with van der Waals surface area (Å²) in [4.78, 5) is 9.65. The summed E-state index contributed by atoms with van der Waals surface area (Å²) in [6, 6.07) is 9.37. The third kappa shape index (κ3) is 3.36. The van der Waals surface area contributed by atoms with E-state index in [2.05, 4.69) is 56.4 Å². The van der Waals surface area contributed by atoms with Crippen LogP contribution in [0.5, 0.6) is 0 Å². The Hall–Kier alpha value is -2.60. The SMILES string of the molecule is CC1CN(c2ccnc3c2cnn3C)Cc2ccc(N3CCC4(CCNCC4)CC3)cc21. The molecule has 6 nitrogen and oxygen atoms in total. The molecule has 2 fully saturated rings. The van der Waals surface area contributed by atoms with Gasteiger partial charge in [0.25, 0.3) is 0 Å². The van der Waals surface area contributed by atoms with Crippen molar-refractivity contribution in [3.05, 3.63) is 47.8 Å². The summed E-state index contributed by atoms with van der Waals surface area (Å²) in [7, 11) is 1.96. The van der Waals surface area contributed by atoms with Crippen LogP contribution in [0.25, 0.3) is 11.0 Å². The quantitative estimate of drug-likeness (QED) is 0.664. The zero-order valence-corrected chi connectivity index (χ0v) is 19.3. The van der Waals surface area contributed by atoms with E-state index in [1.54, 1.807) is 0 Å². The van der Waals surface area contributed by atoms with Gasteiger partial charge in [0.2, 0.25) is 0 Å². The third-order valence-corrected chi connectivity index (χ3v) is 8.32. The predicted molar refractivity (Wildman–Crippen MR) is 130 cm³/mol. The zero-order chi connectivity index (χ0) is 21.7. The van der Waals surface area contributed by atoms with Crippen molar-refractivity contribution in [2.45, 2.75) is 45.1 Å². The lowest BCUT2D eigenvalue weighted by molar-refractivity contribution is 0.155. The molecule has 3 aromatic rings. The zero-order valence-electron chi connectivity index (χ0n) is 19.3. The summed E-state index contributed by atoms with van der Waals surface area (Å²) in [5.74, 6) is 0.499. The van der Waals surface area contributed by atoms with Crippen molar-refractivity contribution in [2.75, 3.05) is 42.5 Å². The molecule has 32 heavy (non-hydrogen) atoms. The Labute approximate surface area is 190 Å². The fraction of sp³-hybridized carbons (Fsp3) is 0.538. The number of anilines is 2. The Morgan fingerprint density at radius 3 is 2.66 bits per heavy atom. The average molecular weight is 431 g/mol. The molecule has 6 heteroatoms. The van der Waals surface area contributed by atoms with Crippen LogP contribution in [0.4, 0.5) is 11.4 Å². The summed E-state index contributed by atoms with van der Waals surface area (Å²) in [6.45, 7) is 9.16. The lowest BCUT2D eigenvalue weighted by Crippen LogP contribution is -2.45. The fourth-order valence-corrected chi connectivity index (χ4v) is 6.27. The molecule has 1 spiro atoms. The highest BCUT2D eigenvalue weighted by atomic mass is 15.3. The van der Waals surface area contributed by atoms with Gasteiger partial charge in [-0.2, -0.15) is 5.10 Å². The number of aromatic nitrogens is 3. The van der Waals surface area contributed by atoms with E-state index in [0.717, 1.165) is 24.1 Å². The number of aryl methyl sites for hydroxylation is 1. The molecule has 0 aliphatic carbocycles. The second kappa shape index (κ2) is 7.77. The topological polar surface area (TPSA) is 49.2 Å². The number of rotatable bonds is 2. The predicted octanol–water partition coefficient (Wildman–Crippen LogP) is 4.06. The van der Waals surface area contributed by atoms with Crippen LogP contribution in [0.15, 0.2) is 36.7 Å². The van der Waals surface area contributed by atoms with Crippen molar-refractivity contribution >= 4 is 22.4 Å². The van der Waals surface area contributed by atoms with Gasteiger partial charge in [-0.15, -0.1) is 0 Å². The van der Waals surface area contributed by atoms with Gasteiger partial charge >= 0.3 is 0 Å². The van der Waals surface area contributed by atoms with E-state index >= 15 is 0 Å². The molecule has 2 aromatic heterocycles. The number of benzene rings is 1. The van der Waals surface area contributed by atoms with Gasteiger partial charge in [-0.25, -0.2) is 4.98 Å². The Balaban J connectivity index is 1.22. The summed E-state index contributed by atoms with van der Waals surface area (Å²) < 4.78 is 1.86. The molecule has 0 bridgehead atoms. The molecule has 3 aliphatic rings. The Bertz CT molecular complexity index is 1120. The molecule has 0 amide bonds. The molecule has 1 atom stereocenters. The lowest BCUT2D eigenvalue weighted by Gasteiger charge is -2.45. The Morgan fingerprint density at radius 2 is 1.84 bits per heavy atom. The van der Waals surface area contributed by atoms with Crippen LogP contribution >= 0.6 is 0 Å². The van der Waals surface area contributed by atoms with Gasteiger partial charge in [-0.3, -0.25) is 4.68 Å². The number of pyridine rings is 1. The normalized spacial score (nSPS) is 23.0. The number of nitrogens with one attached hydrogen (secondary N) is 1. The number of hydrogen-bond acceptors (Lipinski definition) is 5. The van der Waals surface area contributed by atoms with E-state index in [4.69, 9.17) is 0 Å². The van der Waals surface area contributed by atoms with Gasteiger partial charge < -0.3 is 15.1 Å². The van der Waals surface area contributed by atoms with Crippen LogP contribution in [-0.2, 0) is 13.6 Å². The van der Waals surface area contributed by atoms with Gasteiger partial charge in [0.1, 0.15) is 0 Å². The number of piperidine rings is 2. The van der Waals surface area contributed by atoms with Gasteiger partial charge in [-0.1, -0.05) is 13.0 Å². The number of fused-ring (bicyclic) bond motifs is 2. The Morgan fingerprint density at radius 1 is 1.03 bits per heavy atom. The minimum atomic E-state index is 0.499. The molecular weight excluding hydrogens is 396 g/mol. The molecule has 168 valence electrons. The molecule has 5 heterocycles. The van der Waals surface area contributed by atoms with Crippen molar-refractivity contribution in [1.82, 2.24) is 20.1 Å². The summed E-state index contributed by atoms with van der Waals surface area (Å²) in [6.07, 6.45) is 9.27. The van der Waals surface area contributed by atoms with Gasteiger partial charge in [0.15, 0.2) is 5.65 Å². The van der Waals surface area contributed by atoms with Crippen LogP contribution in [0.1, 0.15) is 49.7 Å². The van der Waals surface area contributed by atoms with E-state index in [-0.39, 0.29) is 0 Å².